The van der Waals surface area contributed by atoms with E-state index >= 15 is 0 Å². The number of alkyl halides is 1. The molecular weight excluding hydrogens is 651 g/mol. The van der Waals surface area contributed by atoms with Gasteiger partial charge in [-0.25, -0.2) is 22.5 Å². The fourth-order valence-corrected chi connectivity index (χ4v) is 8.44. The highest BCUT2D eigenvalue weighted by atomic mass is 35.5. The number of fused-ring (bicyclic) bond motifs is 3. The summed E-state index contributed by atoms with van der Waals surface area (Å²) in [7, 11) is -3.08. The first-order valence-corrected chi connectivity index (χ1v) is 17.9. The maximum absolute atomic E-state index is 14.6. The highest BCUT2D eigenvalue weighted by molar-refractivity contribution is 7.91. The number of halogens is 2. The van der Waals surface area contributed by atoms with Crippen LogP contribution in [0.5, 0.6) is 11.6 Å². The maximum Gasteiger partial charge on any atom is 0.270 e. The Morgan fingerprint density at radius 3 is 2.68 bits per heavy atom. The van der Waals surface area contributed by atoms with Gasteiger partial charge in [0.05, 0.1) is 24.9 Å². The van der Waals surface area contributed by atoms with Gasteiger partial charge in [-0.3, -0.25) is 14.4 Å². The molecule has 1 aromatic heterocycles. The zero-order chi connectivity index (χ0) is 33.7. The summed E-state index contributed by atoms with van der Waals surface area (Å²) in [6, 6.07) is 4.28. The first-order chi connectivity index (χ1) is 22.3. The van der Waals surface area contributed by atoms with E-state index in [0.29, 0.717) is 27.5 Å². The van der Waals surface area contributed by atoms with Gasteiger partial charge in [-0.1, -0.05) is 43.7 Å². The minimum atomic E-state index is -4.59. The predicted molar refractivity (Wildman–Crippen MR) is 173 cm³/mol. The Kier molecular flexibility index (Phi) is 8.92. The second kappa shape index (κ2) is 12.5. The van der Waals surface area contributed by atoms with Crippen LogP contribution in [0.15, 0.2) is 36.5 Å². The van der Waals surface area contributed by atoms with Gasteiger partial charge in [0, 0.05) is 42.4 Å². The molecule has 6 rings (SSSR count). The average molecular weight is 691 g/mol. The van der Waals surface area contributed by atoms with Gasteiger partial charge in [0.1, 0.15) is 23.4 Å². The van der Waals surface area contributed by atoms with Crippen molar-refractivity contribution in [3.63, 3.8) is 0 Å². The lowest BCUT2D eigenvalue weighted by molar-refractivity contribution is -0.140. The fourth-order valence-electron chi connectivity index (χ4n) is 6.92. The third-order valence-corrected chi connectivity index (χ3v) is 12.0. The van der Waals surface area contributed by atoms with Gasteiger partial charge in [-0.05, 0) is 49.7 Å². The van der Waals surface area contributed by atoms with E-state index in [-0.39, 0.29) is 56.4 Å². The van der Waals surface area contributed by atoms with Crippen molar-refractivity contribution in [2.45, 2.75) is 87.9 Å². The molecule has 0 radical (unpaired) electrons. The van der Waals surface area contributed by atoms with Crippen molar-refractivity contribution >= 4 is 50.1 Å². The molecule has 14 heteroatoms. The summed E-state index contributed by atoms with van der Waals surface area (Å²) in [6.45, 7) is 4.24. The number of benzene rings is 1. The van der Waals surface area contributed by atoms with Crippen molar-refractivity contribution in [1.29, 1.82) is 0 Å². The first-order valence-electron chi connectivity index (χ1n) is 16.1. The van der Waals surface area contributed by atoms with Crippen LogP contribution in [0, 0.1) is 17.8 Å². The molecule has 1 saturated heterocycles. The van der Waals surface area contributed by atoms with Crippen LogP contribution in [-0.4, -0.2) is 72.4 Å². The predicted octanol–water partition coefficient (Wildman–Crippen LogP) is 4.43. The largest absolute Gasteiger partial charge is 0.494 e. The number of carbonyl (C=O) groups is 3. The molecule has 3 heterocycles. The van der Waals surface area contributed by atoms with Gasteiger partial charge in [-0.2, -0.15) is 0 Å². The number of carbonyl (C=O) groups excluding carboxylic acids is 3. The summed E-state index contributed by atoms with van der Waals surface area (Å²) in [6.07, 6.45) is 7.11. The molecule has 0 unspecified atom stereocenters. The van der Waals surface area contributed by atoms with E-state index < -0.39 is 50.4 Å². The smallest absolute Gasteiger partial charge is 0.270 e. The molecule has 47 heavy (non-hydrogen) atoms. The number of rotatable bonds is 6. The van der Waals surface area contributed by atoms with Crippen molar-refractivity contribution in [1.82, 2.24) is 19.9 Å². The lowest BCUT2D eigenvalue weighted by Crippen LogP contribution is -2.57. The molecule has 254 valence electrons. The topological polar surface area (TPSA) is 144 Å². The van der Waals surface area contributed by atoms with Crippen molar-refractivity contribution in [3.05, 3.63) is 41.6 Å². The average Bonchev–Trinajstić information content (AvgIpc) is 3.89. The molecule has 1 aromatic carbocycles. The number of methoxy groups -OCH3 is 1. The van der Waals surface area contributed by atoms with E-state index in [4.69, 9.17) is 21.1 Å². The highest BCUT2D eigenvalue weighted by Gasteiger charge is 2.64. The number of nitrogens with one attached hydrogen (secondary N) is 2. The van der Waals surface area contributed by atoms with Crippen LogP contribution < -0.4 is 19.5 Å². The van der Waals surface area contributed by atoms with Crippen molar-refractivity contribution in [2.24, 2.45) is 17.8 Å². The number of pyridine rings is 1. The number of ether oxygens (including phenoxy) is 2. The van der Waals surface area contributed by atoms with Gasteiger partial charge in [-0.15, -0.1) is 0 Å². The van der Waals surface area contributed by atoms with Gasteiger partial charge in [0.2, 0.25) is 22.7 Å². The Labute approximate surface area is 278 Å². The molecule has 2 aliphatic heterocycles. The Hall–Kier alpha value is -3.45. The molecule has 3 amide bonds. The zero-order valence-corrected chi connectivity index (χ0v) is 28.2. The third-order valence-electron chi connectivity index (χ3n) is 9.81. The Morgan fingerprint density at radius 2 is 1.96 bits per heavy atom. The van der Waals surface area contributed by atoms with Crippen LogP contribution in [0.2, 0.25) is 5.02 Å². The Morgan fingerprint density at radius 1 is 1.19 bits per heavy atom. The van der Waals surface area contributed by atoms with Crippen LogP contribution in [-0.2, 0) is 24.4 Å². The number of hydrogen-bond donors (Lipinski definition) is 2. The van der Waals surface area contributed by atoms with Crippen LogP contribution in [0.25, 0.3) is 10.8 Å². The highest BCUT2D eigenvalue weighted by Crippen LogP contribution is 2.48. The molecule has 6 atom stereocenters. The summed E-state index contributed by atoms with van der Waals surface area (Å²) in [5, 5.41) is 1.97. The zero-order valence-electron chi connectivity index (χ0n) is 26.6. The normalized spacial score (nSPS) is 31.4. The molecule has 2 saturated carbocycles. The summed E-state index contributed by atoms with van der Waals surface area (Å²) in [4.78, 5) is 47.2. The van der Waals surface area contributed by atoms with Gasteiger partial charge in [0.15, 0.2) is 0 Å². The molecular formula is C33H40ClFN4O7S. The van der Waals surface area contributed by atoms with E-state index in [1.807, 2.05) is 23.8 Å². The molecule has 4 aliphatic rings. The standard InChI is InChI=1S/C33H40ClFN4O7S/c1-19-7-4-5-8-21-16-33(21,31(42)38-47(43,44)32(35)11-12-32)37-29(41)25-15-22(18-39(25)27(40)14-20(2)13-19)46-30-23-9-6-10-24(34)28(23)26(45-3)17-36-30/h5-6,8-10,17,19-22,25H,4,7,11-16,18H2,1-3H3,(H,37,41)(H,38,42)/b8-5-/t19-,20-,21-,22-,25+,33-/m1/s1. The second-order valence-corrected chi connectivity index (χ2v) is 15.9. The van der Waals surface area contributed by atoms with Crippen LogP contribution in [0.3, 0.4) is 0 Å². The van der Waals surface area contributed by atoms with Gasteiger partial charge in [0.25, 0.3) is 15.9 Å². The fraction of sp³-hybridized carbons (Fsp3) is 0.576. The number of allylic oxidation sites excluding steroid dienone is 1. The monoisotopic (exact) mass is 690 g/mol. The molecule has 2 aromatic rings. The maximum atomic E-state index is 14.6. The van der Waals surface area contributed by atoms with Gasteiger partial charge < -0.3 is 19.7 Å². The lowest BCUT2D eigenvalue weighted by Gasteiger charge is -2.27. The second-order valence-electron chi connectivity index (χ2n) is 13.6. The van der Waals surface area contributed by atoms with Crippen molar-refractivity contribution in [3.8, 4) is 11.6 Å². The third kappa shape index (κ3) is 6.53. The van der Waals surface area contributed by atoms with Crippen molar-refractivity contribution < 1.29 is 36.7 Å². The Bertz CT molecular complexity index is 1730. The SMILES string of the molecule is COc1cnc(O[C@@H]2C[C@H]3C(=O)N[C@]4(C(=O)NS(=O)(=O)C5(F)CC5)C[C@H]4/C=C\CC[C@@H](C)C[C@@H](C)CC(=O)N3C2)c2cccc(Cl)c12. The summed E-state index contributed by atoms with van der Waals surface area (Å²) in [5.41, 5.74) is -1.59. The summed E-state index contributed by atoms with van der Waals surface area (Å²) >= 11 is 6.48. The van der Waals surface area contributed by atoms with Crippen molar-refractivity contribution in [2.75, 3.05) is 13.7 Å². The minimum Gasteiger partial charge on any atom is -0.494 e. The molecule has 0 bridgehead atoms. The molecule has 3 fully saturated rings. The van der Waals surface area contributed by atoms with Gasteiger partial charge >= 0.3 is 0 Å². The molecule has 0 spiro atoms. The Balaban J connectivity index is 1.29. The van der Waals surface area contributed by atoms with Crippen LogP contribution >= 0.6 is 11.6 Å². The van der Waals surface area contributed by atoms with E-state index in [1.54, 1.807) is 18.2 Å². The lowest BCUT2D eigenvalue weighted by atomic mass is 9.91. The molecule has 11 nitrogen and oxygen atoms in total. The van der Waals surface area contributed by atoms with E-state index in [2.05, 4.69) is 17.2 Å². The summed E-state index contributed by atoms with van der Waals surface area (Å²) < 4.78 is 53.6. The minimum absolute atomic E-state index is 0.0656. The number of amides is 3. The van der Waals surface area contributed by atoms with E-state index in [9.17, 15) is 27.2 Å². The van der Waals surface area contributed by atoms with Crippen LogP contribution in [0.1, 0.15) is 65.2 Å². The van der Waals surface area contributed by atoms with Crippen LogP contribution in [0.4, 0.5) is 4.39 Å². The number of aromatic nitrogens is 1. The summed E-state index contributed by atoms with van der Waals surface area (Å²) in [5.74, 6) is -1.18. The number of sulfonamides is 1. The molecule has 2 aliphatic carbocycles. The number of hydrogen-bond acceptors (Lipinski definition) is 8. The van der Waals surface area contributed by atoms with E-state index in [0.717, 1.165) is 19.3 Å². The van der Waals surface area contributed by atoms with E-state index in [1.165, 1.54) is 18.2 Å². The molecule has 2 N–H and O–H groups in total. The first kappa shape index (κ1) is 33.5. The number of nitrogens with zero attached hydrogens (tertiary/aromatic N) is 2. The quantitative estimate of drug-likeness (QED) is 0.424.